The molecule has 0 heterocycles. The molecular formula is C34H38O8. The van der Waals surface area contributed by atoms with E-state index in [4.69, 9.17) is 28.4 Å². The number of hydrogen-bond acceptors (Lipinski definition) is 8. The minimum Gasteiger partial charge on any atom is -0.491 e. The summed E-state index contributed by atoms with van der Waals surface area (Å²) in [6.45, 7) is 6.40. The third-order valence-corrected chi connectivity index (χ3v) is 6.82. The van der Waals surface area contributed by atoms with E-state index in [1.54, 1.807) is 54.6 Å². The van der Waals surface area contributed by atoms with Crippen molar-refractivity contribution < 1.29 is 38.0 Å². The molecule has 3 aromatic carbocycles. The molecule has 0 saturated heterocycles. The Morgan fingerprint density at radius 2 is 1.07 bits per heavy atom. The lowest BCUT2D eigenvalue weighted by molar-refractivity contribution is -0.145. The average Bonchev–Trinajstić information content (AvgIpc) is 3.03. The van der Waals surface area contributed by atoms with Crippen LogP contribution in [0.1, 0.15) is 31.2 Å². The minimum absolute atomic E-state index is 0.250. The Morgan fingerprint density at radius 3 is 1.55 bits per heavy atom. The second-order valence-electron chi connectivity index (χ2n) is 9.93. The number of carbonyl (C=O) groups excluding carboxylic acids is 2. The third-order valence-electron chi connectivity index (χ3n) is 6.82. The van der Waals surface area contributed by atoms with Gasteiger partial charge < -0.3 is 28.4 Å². The van der Waals surface area contributed by atoms with E-state index in [1.165, 1.54) is 0 Å². The molecule has 0 amide bonds. The Kier molecular flexibility index (Phi) is 12.4. The highest BCUT2D eigenvalue weighted by Gasteiger charge is 2.32. The number of hydrogen-bond donors (Lipinski definition) is 0. The van der Waals surface area contributed by atoms with Gasteiger partial charge in [-0.05, 0) is 79.8 Å². The van der Waals surface area contributed by atoms with E-state index < -0.39 is 0 Å². The predicted octanol–water partition coefficient (Wildman–Crippen LogP) is 6.18. The van der Waals surface area contributed by atoms with Gasteiger partial charge in [0.15, 0.2) is 0 Å². The second-order valence-corrected chi connectivity index (χ2v) is 9.93. The number of rotatable bonds is 16. The molecule has 1 aliphatic carbocycles. The topological polar surface area (TPSA) is 89.5 Å². The Bertz CT molecular complexity index is 1230. The van der Waals surface area contributed by atoms with Crippen LogP contribution in [0.5, 0.6) is 23.0 Å². The largest absolute Gasteiger partial charge is 0.491 e. The first-order chi connectivity index (χ1) is 20.6. The molecule has 1 aliphatic rings. The summed E-state index contributed by atoms with van der Waals surface area (Å²) in [6.07, 6.45) is 3.98. The van der Waals surface area contributed by atoms with Gasteiger partial charge in [-0.25, -0.2) is 0 Å². The van der Waals surface area contributed by atoms with Crippen molar-refractivity contribution in [2.75, 3.05) is 33.0 Å². The molecule has 8 nitrogen and oxygen atoms in total. The van der Waals surface area contributed by atoms with Gasteiger partial charge in [-0.15, -0.1) is 6.58 Å². The summed E-state index contributed by atoms with van der Waals surface area (Å²) < 4.78 is 33.4. The zero-order valence-electron chi connectivity index (χ0n) is 23.8. The van der Waals surface area contributed by atoms with Crippen molar-refractivity contribution in [1.29, 1.82) is 0 Å². The highest BCUT2D eigenvalue weighted by atomic mass is 16.5. The van der Waals surface area contributed by atoms with Crippen molar-refractivity contribution in [2.45, 2.75) is 32.3 Å². The van der Waals surface area contributed by atoms with Gasteiger partial charge in [0.1, 0.15) is 36.2 Å². The molecule has 222 valence electrons. The number of ether oxygens (including phenoxy) is 6. The molecule has 1 saturated carbocycles. The van der Waals surface area contributed by atoms with E-state index in [0.29, 0.717) is 88.3 Å². The molecule has 0 aromatic heterocycles. The summed E-state index contributed by atoms with van der Waals surface area (Å²) in [5, 5.41) is 0. The van der Waals surface area contributed by atoms with Crippen LogP contribution in [0.15, 0.2) is 91.5 Å². The van der Waals surface area contributed by atoms with Crippen LogP contribution in [-0.2, 0) is 25.7 Å². The van der Waals surface area contributed by atoms with E-state index in [0.717, 1.165) is 5.56 Å². The fraction of sp³-hybridized carbons (Fsp3) is 0.353. The first-order valence-electron chi connectivity index (χ1n) is 14.3. The van der Waals surface area contributed by atoms with Crippen molar-refractivity contribution in [3.05, 3.63) is 97.1 Å². The summed E-state index contributed by atoms with van der Waals surface area (Å²) >= 11 is 0. The standard InChI is InChI=1S/C34H38O8/c1-2-20-37-21-23-39-29-12-16-31(17-13-29)41-33(35)27-8-10-28(11-9-27)34(36)42-32-18-14-30(15-19-32)40-24-22-38-25-26-6-4-3-5-7-26/h2-7,12-19,27-28H,1,8-11,20-25H2. The van der Waals surface area contributed by atoms with E-state index in [1.807, 2.05) is 30.3 Å². The van der Waals surface area contributed by atoms with Crippen LogP contribution in [0.2, 0.25) is 0 Å². The zero-order chi connectivity index (χ0) is 29.4. The average molecular weight is 575 g/mol. The second kappa shape index (κ2) is 17.0. The molecule has 0 bridgehead atoms. The molecule has 1 fully saturated rings. The first kappa shape index (κ1) is 30.8. The molecule has 0 atom stereocenters. The van der Waals surface area contributed by atoms with Gasteiger partial charge in [0.05, 0.1) is 38.3 Å². The Morgan fingerprint density at radius 1 is 0.619 bits per heavy atom. The molecule has 0 aliphatic heterocycles. The van der Waals surface area contributed by atoms with Crippen molar-refractivity contribution in [3.8, 4) is 23.0 Å². The Labute approximate surface area is 247 Å². The number of esters is 2. The van der Waals surface area contributed by atoms with Gasteiger partial charge in [0.2, 0.25) is 0 Å². The molecule has 8 heteroatoms. The van der Waals surface area contributed by atoms with Crippen LogP contribution in [-0.4, -0.2) is 45.0 Å². The minimum atomic E-state index is -0.283. The van der Waals surface area contributed by atoms with Crippen LogP contribution in [0.4, 0.5) is 0 Å². The molecule has 42 heavy (non-hydrogen) atoms. The normalized spacial score (nSPS) is 16.3. The molecule has 0 radical (unpaired) electrons. The van der Waals surface area contributed by atoms with Crippen LogP contribution < -0.4 is 18.9 Å². The molecule has 0 N–H and O–H groups in total. The first-order valence-corrected chi connectivity index (χ1v) is 14.3. The van der Waals surface area contributed by atoms with Crippen LogP contribution in [0, 0.1) is 11.8 Å². The van der Waals surface area contributed by atoms with Gasteiger partial charge in [0.25, 0.3) is 0 Å². The fourth-order valence-electron chi connectivity index (χ4n) is 4.54. The summed E-state index contributed by atoms with van der Waals surface area (Å²) in [6, 6.07) is 23.9. The molecule has 0 spiro atoms. The maximum absolute atomic E-state index is 12.7. The SMILES string of the molecule is C=CCOCCOc1ccc(OC(=O)C2CCC(C(=O)Oc3ccc(OCCOCc4ccccc4)cc3)CC2)cc1. The predicted molar refractivity (Wildman–Crippen MR) is 158 cm³/mol. The van der Waals surface area contributed by atoms with Crippen molar-refractivity contribution in [3.63, 3.8) is 0 Å². The van der Waals surface area contributed by atoms with E-state index in [2.05, 4.69) is 6.58 Å². The zero-order valence-corrected chi connectivity index (χ0v) is 23.8. The Balaban J connectivity index is 1.11. The molecule has 3 aromatic rings. The molecule has 4 rings (SSSR count). The van der Waals surface area contributed by atoms with Gasteiger partial charge in [-0.1, -0.05) is 36.4 Å². The van der Waals surface area contributed by atoms with Gasteiger partial charge in [-0.3, -0.25) is 9.59 Å². The van der Waals surface area contributed by atoms with E-state index in [9.17, 15) is 9.59 Å². The van der Waals surface area contributed by atoms with E-state index in [-0.39, 0.29) is 23.8 Å². The number of carbonyl (C=O) groups is 2. The smallest absolute Gasteiger partial charge is 0.314 e. The summed E-state index contributed by atoms with van der Waals surface area (Å²) in [4.78, 5) is 25.4. The highest BCUT2D eigenvalue weighted by Crippen LogP contribution is 2.32. The quantitative estimate of drug-likeness (QED) is 0.0867. The summed E-state index contributed by atoms with van der Waals surface area (Å²) in [7, 11) is 0. The molecular weight excluding hydrogens is 536 g/mol. The summed E-state index contributed by atoms with van der Waals surface area (Å²) in [5.41, 5.74) is 1.12. The van der Waals surface area contributed by atoms with Crippen LogP contribution in [0.3, 0.4) is 0 Å². The summed E-state index contributed by atoms with van der Waals surface area (Å²) in [5.74, 6) is 1.20. The van der Waals surface area contributed by atoms with Crippen molar-refractivity contribution in [1.82, 2.24) is 0 Å². The fourth-order valence-corrected chi connectivity index (χ4v) is 4.54. The van der Waals surface area contributed by atoms with Crippen molar-refractivity contribution >= 4 is 11.9 Å². The lowest BCUT2D eigenvalue weighted by atomic mass is 9.82. The Hall–Kier alpha value is -4.14. The van der Waals surface area contributed by atoms with Gasteiger partial charge >= 0.3 is 11.9 Å². The lowest BCUT2D eigenvalue weighted by Gasteiger charge is -2.25. The monoisotopic (exact) mass is 574 g/mol. The van der Waals surface area contributed by atoms with E-state index >= 15 is 0 Å². The van der Waals surface area contributed by atoms with Gasteiger partial charge in [-0.2, -0.15) is 0 Å². The van der Waals surface area contributed by atoms with Crippen molar-refractivity contribution in [2.24, 2.45) is 11.8 Å². The van der Waals surface area contributed by atoms with Crippen LogP contribution in [0.25, 0.3) is 0 Å². The molecule has 0 unspecified atom stereocenters. The highest BCUT2D eigenvalue weighted by molar-refractivity contribution is 5.77. The van der Waals surface area contributed by atoms with Gasteiger partial charge in [0, 0.05) is 0 Å². The third kappa shape index (κ3) is 10.4. The maximum atomic E-state index is 12.7. The maximum Gasteiger partial charge on any atom is 0.314 e. The number of benzene rings is 3. The lowest BCUT2D eigenvalue weighted by Crippen LogP contribution is -2.30. The van der Waals surface area contributed by atoms with Crippen LogP contribution >= 0.6 is 0 Å².